The summed E-state index contributed by atoms with van der Waals surface area (Å²) in [5.74, 6) is 0.623. The van der Waals surface area contributed by atoms with Crippen molar-refractivity contribution in [2.75, 3.05) is 6.54 Å². The van der Waals surface area contributed by atoms with Crippen LogP contribution in [0.3, 0.4) is 0 Å². The average Bonchev–Trinajstić information content (AvgIpc) is 3.47. The Morgan fingerprint density at radius 2 is 1.89 bits per heavy atom. The van der Waals surface area contributed by atoms with E-state index in [1.54, 1.807) is 6.07 Å². The largest absolute Gasteiger partial charge is 0.371 e. The van der Waals surface area contributed by atoms with Crippen molar-refractivity contribution in [3.63, 3.8) is 0 Å². The van der Waals surface area contributed by atoms with Crippen LogP contribution in [0.5, 0.6) is 0 Å². The Balaban J connectivity index is 1.31. The number of halogens is 2. The Kier molecular flexibility index (Phi) is 7.35. The number of amides is 1. The van der Waals surface area contributed by atoms with Gasteiger partial charge in [-0.1, -0.05) is 71.7 Å². The SMILES string of the molecule is O=C(NCc1nc2ccccc2[nH]1)C1C(OCc2ccccc2)CCN1Cc1ccc(Cl)cc1Cl. The number of benzene rings is 3. The lowest BCUT2D eigenvalue weighted by Gasteiger charge is -2.27. The third-order valence-corrected chi connectivity index (χ3v) is 6.87. The number of hydrogen-bond acceptors (Lipinski definition) is 4. The maximum absolute atomic E-state index is 13.5. The number of H-pyrrole nitrogens is 1. The highest BCUT2D eigenvalue weighted by molar-refractivity contribution is 6.35. The van der Waals surface area contributed by atoms with Crippen LogP contribution in [0.4, 0.5) is 0 Å². The van der Waals surface area contributed by atoms with Gasteiger partial charge >= 0.3 is 0 Å². The number of fused-ring (bicyclic) bond motifs is 1. The molecule has 1 aliphatic heterocycles. The molecule has 0 aliphatic carbocycles. The molecule has 180 valence electrons. The van der Waals surface area contributed by atoms with Crippen LogP contribution in [0.1, 0.15) is 23.4 Å². The molecule has 8 heteroatoms. The quantitative estimate of drug-likeness (QED) is 0.336. The Morgan fingerprint density at radius 3 is 2.69 bits per heavy atom. The molecule has 4 aromatic rings. The molecule has 6 nitrogen and oxygen atoms in total. The zero-order valence-electron chi connectivity index (χ0n) is 19.1. The number of nitrogens with one attached hydrogen (secondary N) is 2. The van der Waals surface area contributed by atoms with Crippen LogP contribution in [0.25, 0.3) is 11.0 Å². The fourth-order valence-corrected chi connectivity index (χ4v) is 4.99. The molecule has 3 aromatic carbocycles. The molecule has 35 heavy (non-hydrogen) atoms. The minimum absolute atomic E-state index is 0.0916. The van der Waals surface area contributed by atoms with E-state index in [4.69, 9.17) is 27.9 Å². The maximum atomic E-state index is 13.5. The van der Waals surface area contributed by atoms with Crippen molar-refractivity contribution in [3.8, 4) is 0 Å². The molecule has 0 spiro atoms. The van der Waals surface area contributed by atoms with Gasteiger partial charge in [0.15, 0.2) is 0 Å². The third-order valence-electron chi connectivity index (χ3n) is 6.28. The average molecular weight is 509 g/mol. The smallest absolute Gasteiger partial charge is 0.240 e. The third kappa shape index (κ3) is 5.68. The lowest BCUT2D eigenvalue weighted by Crippen LogP contribution is -2.48. The molecule has 2 atom stereocenters. The van der Waals surface area contributed by atoms with E-state index in [2.05, 4.69) is 20.2 Å². The summed E-state index contributed by atoms with van der Waals surface area (Å²) in [5, 5.41) is 4.24. The van der Waals surface area contributed by atoms with E-state index in [0.717, 1.165) is 35.1 Å². The van der Waals surface area contributed by atoms with E-state index in [1.165, 1.54) is 0 Å². The summed E-state index contributed by atoms with van der Waals surface area (Å²) in [6, 6.07) is 22.8. The molecule has 5 rings (SSSR count). The molecule has 2 heterocycles. The number of para-hydroxylation sites is 2. The lowest BCUT2D eigenvalue weighted by atomic mass is 10.1. The minimum Gasteiger partial charge on any atom is -0.371 e. The summed E-state index contributed by atoms with van der Waals surface area (Å²) in [6.07, 6.45) is 0.512. The van der Waals surface area contributed by atoms with Crippen LogP contribution in [-0.4, -0.2) is 39.5 Å². The van der Waals surface area contributed by atoms with Gasteiger partial charge in [-0.2, -0.15) is 0 Å². The maximum Gasteiger partial charge on any atom is 0.240 e. The first kappa shape index (κ1) is 23.8. The summed E-state index contributed by atoms with van der Waals surface area (Å²) in [7, 11) is 0. The Bertz CT molecular complexity index is 1280. The van der Waals surface area contributed by atoms with E-state index in [1.807, 2.05) is 66.7 Å². The number of nitrogens with zero attached hydrogens (tertiary/aromatic N) is 2. The van der Waals surface area contributed by atoms with E-state index in [-0.39, 0.29) is 12.0 Å². The van der Waals surface area contributed by atoms with Crippen molar-refractivity contribution in [1.82, 2.24) is 20.2 Å². The second kappa shape index (κ2) is 10.8. The number of hydrogen-bond donors (Lipinski definition) is 2. The van der Waals surface area contributed by atoms with Gasteiger partial charge in [-0.15, -0.1) is 0 Å². The zero-order valence-corrected chi connectivity index (χ0v) is 20.6. The van der Waals surface area contributed by atoms with Crippen LogP contribution in [0.2, 0.25) is 10.0 Å². The molecular formula is C27H26Cl2N4O2. The summed E-state index contributed by atoms with van der Waals surface area (Å²) in [5.41, 5.74) is 3.82. The van der Waals surface area contributed by atoms with Crippen LogP contribution in [0.15, 0.2) is 72.8 Å². The second-order valence-corrected chi connectivity index (χ2v) is 9.54. The van der Waals surface area contributed by atoms with Crippen LogP contribution >= 0.6 is 23.2 Å². The highest BCUT2D eigenvalue weighted by Crippen LogP contribution is 2.28. The molecule has 1 amide bonds. The molecule has 2 unspecified atom stereocenters. The second-order valence-electron chi connectivity index (χ2n) is 8.69. The van der Waals surface area contributed by atoms with Crippen molar-refractivity contribution in [2.24, 2.45) is 0 Å². The first-order valence-electron chi connectivity index (χ1n) is 11.6. The zero-order chi connectivity index (χ0) is 24.2. The summed E-state index contributed by atoms with van der Waals surface area (Å²) < 4.78 is 6.26. The van der Waals surface area contributed by atoms with Gasteiger partial charge in [-0.3, -0.25) is 9.69 Å². The first-order valence-corrected chi connectivity index (χ1v) is 12.4. The van der Waals surface area contributed by atoms with Crippen molar-refractivity contribution in [1.29, 1.82) is 0 Å². The standard InChI is InChI=1S/C27H26Cl2N4O2/c28-20-11-10-19(21(29)14-20)16-33-13-12-24(35-17-18-6-2-1-3-7-18)26(33)27(34)30-15-25-31-22-8-4-5-9-23(22)32-25/h1-11,14,24,26H,12-13,15-17H2,(H,30,34)(H,31,32). The van der Waals surface area contributed by atoms with Crippen molar-refractivity contribution < 1.29 is 9.53 Å². The fourth-order valence-electron chi connectivity index (χ4n) is 4.52. The van der Waals surface area contributed by atoms with Gasteiger partial charge in [0, 0.05) is 23.1 Å². The van der Waals surface area contributed by atoms with Gasteiger partial charge in [-0.25, -0.2) is 4.98 Å². The monoisotopic (exact) mass is 508 g/mol. The number of likely N-dealkylation sites (tertiary alicyclic amines) is 1. The van der Waals surface area contributed by atoms with Gasteiger partial charge in [-0.05, 0) is 41.8 Å². The Hall–Kier alpha value is -2.90. The van der Waals surface area contributed by atoms with Crippen LogP contribution in [-0.2, 0) is 29.2 Å². The molecule has 0 saturated carbocycles. The molecule has 0 bridgehead atoms. The van der Waals surface area contributed by atoms with Crippen LogP contribution in [0, 0.1) is 0 Å². The van der Waals surface area contributed by atoms with Crippen molar-refractivity contribution in [2.45, 2.75) is 38.3 Å². The highest BCUT2D eigenvalue weighted by Gasteiger charge is 2.40. The number of ether oxygens (including phenoxy) is 1. The predicted octanol–water partition coefficient (Wildman–Crippen LogP) is 5.35. The van der Waals surface area contributed by atoms with E-state index >= 15 is 0 Å². The number of carbonyl (C=O) groups excluding carboxylic acids is 1. The van der Waals surface area contributed by atoms with E-state index in [9.17, 15) is 4.79 Å². The van der Waals surface area contributed by atoms with Gasteiger partial charge < -0.3 is 15.0 Å². The fraction of sp³-hybridized carbons (Fsp3) is 0.259. The Labute approximate surface area is 214 Å². The molecule has 1 fully saturated rings. The van der Waals surface area contributed by atoms with Gasteiger partial charge in [0.2, 0.25) is 5.91 Å². The lowest BCUT2D eigenvalue weighted by molar-refractivity contribution is -0.130. The molecular weight excluding hydrogens is 483 g/mol. The van der Waals surface area contributed by atoms with E-state index in [0.29, 0.717) is 35.6 Å². The van der Waals surface area contributed by atoms with Gasteiger partial charge in [0.25, 0.3) is 0 Å². The van der Waals surface area contributed by atoms with E-state index < -0.39 is 6.04 Å². The minimum atomic E-state index is -0.449. The normalized spacial score (nSPS) is 18.2. The highest BCUT2D eigenvalue weighted by atomic mass is 35.5. The van der Waals surface area contributed by atoms with Crippen molar-refractivity contribution in [3.05, 3.63) is 99.8 Å². The first-order chi connectivity index (χ1) is 17.1. The van der Waals surface area contributed by atoms with Gasteiger partial charge in [0.1, 0.15) is 11.9 Å². The topological polar surface area (TPSA) is 70.2 Å². The summed E-state index contributed by atoms with van der Waals surface area (Å²) in [4.78, 5) is 23.4. The number of carbonyl (C=O) groups is 1. The van der Waals surface area contributed by atoms with Crippen LogP contribution < -0.4 is 5.32 Å². The molecule has 1 aliphatic rings. The van der Waals surface area contributed by atoms with Gasteiger partial charge in [0.05, 0.1) is 30.3 Å². The summed E-state index contributed by atoms with van der Waals surface area (Å²) in [6.45, 7) is 2.02. The number of rotatable bonds is 8. The van der Waals surface area contributed by atoms with Crippen molar-refractivity contribution >= 4 is 40.1 Å². The number of aromatic nitrogens is 2. The number of imidazole rings is 1. The number of aromatic amines is 1. The molecule has 2 N–H and O–H groups in total. The predicted molar refractivity (Wildman–Crippen MR) is 138 cm³/mol. The molecule has 1 aromatic heterocycles. The molecule has 0 radical (unpaired) electrons. The molecule has 1 saturated heterocycles. The summed E-state index contributed by atoms with van der Waals surface area (Å²) >= 11 is 12.5. The Morgan fingerprint density at radius 1 is 1.09 bits per heavy atom.